The van der Waals surface area contributed by atoms with E-state index in [9.17, 15) is 16.8 Å². The summed E-state index contributed by atoms with van der Waals surface area (Å²) in [5, 5.41) is 0. The van der Waals surface area contributed by atoms with Gasteiger partial charge in [-0.05, 0) is 58.1 Å². The Morgan fingerprint density at radius 1 is 0.750 bits per heavy atom. The standard InChI is InChI=1S/C34H33BrO7S2/c1-23-21-34(43(36,37)25-16-10-6-11-17-25,44(38,39)26-18-12-7-13-19-26)22-27(23)30(24-14-8-5-9-15-24)31-28(40-2)20-29(41-3)32(35)33(31)42-4/h5-20,27,30H,1,21-22H2,2-4H3/t27-,30-/m1/s1. The summed E-state index contributed by atoms with van der Waals surface area (Å²) in [6, 6.07) is 26.7. The molecule has 1 fully saturated rings. The molecule has 0 saturated heterocycles. The maximum atomic E-state index is 14.7. The smallest absolute Gasteiger partial charge is 0.199 e. The normalized spacial score (nSPS) is 17.2. The van der Waals surface area contributed by atoms with E-state index in [0.717, 1.165) is 5.56 Å². The van der Waals surface area contributed by atoms with Crippen LogP contribution in [-0.4, -0.2) is 42.2 Å². The number of allylic oxidation sites excluding steroid dienone is 1. The summed E-state index contributed by atoms with van der Waals surface area (Å²) in [6.07, 6.45) is -0.521. The summed E-state index contributed by atoms with van der Waals surface area (Å²) in [4.78, 5) is -0.127. The molecule has 1 aliphatic carbocycles. The first kappa shape index (κ1) is 31.8. The zero-order valence-electron chi connectivity index (χ0n) is 24.6. The fourth-order valence-corrected chi connectivity index (χ4v) is 12.1. The average molecular weight is 698 g/mol. The molecule has 5 rings (SSSR count). The highest BCUT2D eigenvalue weighted by Crippen LogP contribution is 2.59. The molecule has 0 aromatic heterocycles. The van der Waals surface area contributed by atoms with Crippen molar-refractivity contribution in [2.45, 2.75) is 32.6 Å². The molecule has 0 bridgehead atoms. The fraction of sp³-hybridized carbons (Fsp3) is 0.235. The van der Waals surface area contributed by atoms with E-state index in [1.807, 2.05) is 30.3 Å². The topological polar surface area (TPSA) is 96.0 Å². The number of rotatable bonds is 10. The van der Waals surface area contributed by atoms with E-state index in [2.05, 4.69) is 22.5 Å². The van der Waals surface area contributed by atoms with Crippen LogP contribution >= 0.6 is 15.9 Å². The molecule has 0 N–H and O–H groups in total. The van der Waals surface area contributed by atoms with Gasteiger partial charge in [0.1, 0.15) is 21.7 Å². The van der Waals surface area contributed by atoms with Crippen LogP contribution in [0.2, 0.25) is 0 Å². The molecule has 4 aromatic carbocycles. The lowest BCUT2D eigenvalue weighted by atomic mass is 9.77. The third-order valence-electron chi connectivity index (χ3n) is 8.34. The van der Waals surface area contributed by atoms with Crippen LogP contribution in [0.3, 0.4) is 0 Å². The van der Waals surface area contributed by atoms with Gasteiger partial charge in [-0.1, -0.05) is 78.9 Å². The molecule has 44 heavy (non-hydrogen) atoms. The molecule has 1 aliphatic rings. The molecule has 0 spiro atoms. The van der Waals surface area contributed by atoms with Crippen LogP contribution in [0.1, 0.15) is 29.9 Å². The lowest BCUT2D eigenvalue weighted by Gasteiger charge is -2.32. The molecule has 230 valence electrons. The molecule has 0 amide bonds. The van der Waals surface area contributed by atoms with E-state index in [1.165, 1.54) is 45.6 Å². The van der Waals surface area contributed by atoms with Gasteiger partial charge in [-0.15, -0.1) is 0 Å². The van der Waals surface area contributed by atoms with Crippen LogP contribution in [0.15, 0.2) is 123 Å². The van der Waals surface area contributed by atoms with Gasteiger partial charge in [-0.3, -0.25) is 0 Å². The quantitative estimate of drug-likeness (QED) is 0.162. The number of hydrogen-bond donors (Lipinski definition) is 0. The van der Waals surface area contributed by atoms with Crippen LogP contribution in [0.25, 0.3) is 0 Å². The summed E-state index contributed by atoms with van der Waals surface area (Å²) in [7, 11) is -4.34. The Kier molecular flexibility index (Phi) is 8.98. The highest BCUT2D eigenvalue weighted by molar-refractivity contribution is 9.10. The summed E-state index contributed by atoms with van der Waals surface area (Å²) >= 11 is 3.61. The Morgan fingerprint density at radius 2 is 1.23 bits per heavy atom. The van der Waals surface area contributed by atoms with Gasteiger partial charge >= 0.3 is 0 Å². The second-order valence-corrected chi connectivity index (χ2v) is 16.2. The number of hydrogen-bond acceptors (Lipinski definition) is 7. The van der Waals surface area contributed by atoms with E-state index in [-0.39, 0.29) is 22.6 Å². The number of halogens is 1. The fourth-order valence-electron chi connectivity index (χ4n) is 6.24. The number of methoxy groups -OCH3 is 3. The first-order chi connectivity index (χ1) is 21.0. The molecular formula is C34H33BrO7S2. The van der Waals surface area contributed by atoms with Crippen molar-refractivity contribution in [3.05, 3.63) is 125 Å². The third kappa shape index (κ3) is 5.12. The maximum Gasteiger partial charge on any atom is 0.199 e. The molecular weight excluding hydrogens is 664 g/mol. The van der Waals surface area contributed by atoms with E-state index in [0.29, 0.717) is 32.9 Å². The van der Waals surface area contributed by atoms with Crippen LogP contribution in [0, 0.1) is 5.92 Å². The third-order valence-corrected chi connectivity index (χ3v) is 14.8. The first-order valence-electron chi connectivity index (χ1n) is 13.8. The second kappa shape index (κ2) is 12.4. The summed E-state index contributed by atoms with van der Waals surface area (Å²) in [5.74, 6) is 0.120. The molecule has 0 radical (unpaired) electrons. The summed E-state index contributed by atoms with van der Waals surface area (Å²) < 4.78 is 74.3. The Hall–Kier alpha value is -3.60. The highest BCUT2D eigenvalue weighted by atomic mass is 79.9. The second-order valence-electron chi connectivity index (χ2n) is 10.6. The molecule has 0 aliphatic heterocycles. The number of ether oxygens (including phenoxy) is 3. The van der Waals surface area contributed by atoms with Crippen molar-refractivity contribution in [3.8, 4) is 17.2 Å². The van der Waals surface area contributed by atoms with Gasteiger partial charge in [0.2, 0.25) is 0 Å². The van der Waals surface area contributed by atoms with Crippen LogP contribution in [-0.2, 0) is 19.7 Å². The van der Waals surface area contributed by atoms with Gasteiger partial charge in [0.15, 0.2) is 23.8 Å². The van der Waals surface area contributed by atoms with Crippen molar-refractivity contribution in [2.24, 2.45) is 5.92 Å². The van der Waals surface area contributed by atoms with Gasteiger partial charge in [0.25, 0.3) is 0 Å². The van der Waals surface area contributed by atoms with E-state index in [1.54, 1.807) is 42.5 Å². The minimum Gasteiger partial charge on any atom is -0.496 e. The molecule has 10 heteroatoms. The SMILES string of the molecule is C=C1CC(S(=O)(=O)c2ccccc2)(S(=O)(=O)c2ccccc2)C[C@H]1[C@@H](c1ccccc1)c1c(OC)cc(OC)c(Br)c1OC. The van der Waals surface area contributed by atoms with Crippen LogP contribution in [0.5, 0.6) is 17.2 Å². The minimum absolute atomic E-state index is 0.0634. The molecule has 1 saturated carbocycles. The average Bonchev–Trinajstić information content (AvgIpc) is 3.41. The molecule has 0 heterocycles. The van der Waals surface area contributed by atoms with Gasteiger partial charge in [0, 0.05) is 24.0 Å². The molecule has 4 aromatic rings. The predicted molar refractivity (Wildman–Crippen MR) is 174 cm³/mol. The van der Waals surface area contributed by atoms with E-state index in [4.69, 9.17) is 14.2 Å². The van der Waals surface area contributed by atoms with Crippen molar-refractivity contribution in [1.29, 1.82) is 0 Å². The Balaban J connectivity index is 1.81. The zero-order valence-corrected chi connectivity index (χ0v) is 27.8. The Bertz CT molecular complexity index is 1810. The van der Waals surface area contributed by atoms with Gasteiger partial charge < -0.3 is 14.2 Å². The number of benzene rings is 4. The van der Waals surface area contributed by atoms with Gasteiger partial charge in [0.05, 0.1) is 31.1 Å². The summed E-state index contributed by atoms with van der Waals surface area (Å²) in [5.41, 5.74) is 1.93. The molecule has 2 atom stereocenters. The minimum atomic E-state index is -4.46. The lowest BCUT2D eigenvalue weighted by molar-refractivity contribution is 0.357. The Labute approximate surface area is 267 Å². The van der Waals surface area contributed by atoms with Crippen LogP contribution in [0.4, 0.5) is 0 Å². The Morgan fingerprint density at radius 3 is 1.68 bits per heavy atom. The zero-order chi connectivity index (χ0) is 31.7. The van der Waals surface area contributed by atoms with Crippen molar-refractivity contribution >= 4 is 35.6 Å². The highest BCUT2D eigenvalue weighted by Gasteiger charge is 2.62. The predicted octanol–water partition coefficient (Wildman–Crippen LogP) is 7.22. The van der Waals surface area contributed by atoms with E-state index >= 15 is 0 Å². The monoisotopic (exact) mass is 696 g/mol. The maximum absolute atomic E-state index is 14.7. The van der Waals surface area contributed by atoms with Crippen molar-refractivity contribution in [2.75, 3.05) is 21.3 Å². The van der Waals surface area contributed by atoms with Crippen LogP contribution < -0.4 is 14.2 Å². The van der Waals surface area contributed by atoms with Crippen molar-refractivity contribution < 1.29 is 31.0 Å². The van der Waals surface area contributed by atoms with Gasteiger partial charge in [-0.25, -0.2) is 16.8 Å². The summed E-state index contributed by atoms with van der Waals surface area (Å²) in [6.45, 7) is 4.34. The molecule has 0 unspecified atom stereocenters. The van der Waals surface area contributed by atoms with Gasteiger partial charge in [-0.2, -0.15) is 0 Å². The number of sulfone groups is 2. The van der Waals surface area contributed by atoms with Crippen molar-refractivity contribution in [1.82, 2.24) is 0 Å². The van der Waals surface area contributed by atoms with E-state index < -0.39 is 35.6 Å². The lowest BCUT2D eigenvalue weighted by Crippen LogP contribution is -2.44. The molecule has 7 nitrogen and oxygen atoms in total. The largest absolute Gasteiger partial charge is 0.496 e. The van der Waals surface area contributed by atoms with Crippen molar-refractivity contribution in [3.63, 3.8) is 0 Å². The first-order valence-corrected chi connectivity index (χ1v) is 17.6.